The summed E-state index contributed by atoms with van der Waals surface area (Å²) in [6.07, 6.45) is 4.51. The van der Waals surface area contributed by atoms with E-state index in [9.17, 15) is 0 Å². The van der Waals surface area contributed by atoms with Crippen molar-refractivity contribution in [2.24, 2.45) is 0 Å². The van der Waals surface area contributed by atoms with Crippen LogP contribution in [0.3, 0.4) is 0 Å². The van der Waals surface area contributed by atoms with Crippen molar-refractivity contribution in [3.05, 3.63) is 48.3 Å². The molecule has 1 aliphatic rings. The number of rotatable bonds is 4. The Balaban J connectivity index is 1.94. The maximum absolute atomic E-state index is 4.49. The predicted molar refractivity (Wildman–Crippen MR) is 80.8 cm³/mol. The molecule has 0 spiro atoms. The minimum atomic E-state index is 0.371. The number of thioether (sulfide) groups is 1. The van der Waals surface area contributed by atoms with Gasteiger partial charge in [-0.25, -0.2) is 4.68 Å². The van der Waals surface area contributed by atoms with Crippen LogP contribution in [0.1, 0.15) is 24.6 Å². The molecule has 0 saturated carbocycles. The summed E-state index contributed by atoms with van der Waals surface area (Å²) in [7, 11) is 2.05. The van der Waals surface area contributed by atoms with Gasteiger partial charge in [0.2, 0.25) is 0 Å². The first-order valence-electron chi connectivity index (χ1n) is 6.78. The van der Waals surface area contributed by atoms with Gasteiger partial charge in [-0.3, -0.25) is 0 Å². The zero-order valence-corrected chi connectivity index (χ0v) is 11.9. The van der Waals surface area contributed by atoms with Gasteiger partial charge in [0.15, 0.2) is 0 Å². The summed E-state index contributed by atoms with van der Waals surface area (Å²) in [6, 6.07) is 12.9. The van der Waals surface area contributed by atoms with Crippen molar-refractivity contribution in [2.75, 3.05) is 12.8 Å². The predicted octanol–water partition coefficient (Wildman–Crippen LogP) is 3.03. The van der Waals surface area contributed by atoms with Gasteiger partial charge in [0.1, 0.15) is 0 Å². The summed E-state index contributed by atoms with van der Waals surface area (Å²) in [5.74, 6) is 1.28. The maximum Gasteiger partial charge on any atom is 0.0649 e. The highest BCUT2D eigenvalue weighted by molar-refractivity contribution is 8.00. The Kier molecular flexibility index (Phi) is 3.89. The molecule has 2 atom stereocenters. The van der Waals surface area contributed by atoms with Gasteiger partial charge in [0.05, 0.1) is 17.4 Å². The molecule has 2 unspecified atom stereocenters. The molecule has 0 bridgehead atoms. The molecule has 1 aromatic heterocycles. The number of hydrogen-bond acceptors (Lipinski definition) is 3. The van der Waals surface area contributed by atoms with Gasteiger partial charge >= 0.3 is 0 Å². The standard InChI is InChI=1S/C15H19N3S/c1-16-15(14-8-5-11-19-14)13-9-10-17-18(13)12-6-3-2-4-7-12/h2-4,6-7,9-10,14-16H,5,8,11H2,1H3. The number of para-hydroxylation sites is 1. The van der Waals surface area contributed by atoms with Crippen molar-refractivity contribution in [3.63, 3.8) is 0 Å². The molecule has 1 fully saturated rings. The number of aromatic nitrogens is 2. The van der Waals surface area contributed by atoms with Gasteiger partial charge in [0, 0.05) is 11.4 Å². The fraction of sp³-hybridized carbons (Fsp3) is 0.400. The topological polar surface area (TPSA) is 29.9 Å². The number of benzene rings is 1. The van der Waals surface area contributed by atoms with E-state index in [1.54, 1.807) is 0 Å². The first-order valence-corrected chi connectivity index (χ1v) is 7.83. The van der Waals surface area contributed by atoms with Gasteiger partial charge in [-0.1, -0.05) is 18.2 Å². The van der Waals surface area contributed by atoms with Crippen LogP contribution in [0.25, 0.3) is 5.69 Å². The Hall–Kier alpha value is -1.26. The molecule has 0 amide bonds. The number of nitrogens with zero attached hydrogens (tertiary/aromatic N) is 2. The van der Waals surface area contributed by atoms with Crippen molar-refractivity contribution >= 4 is 11.8 Å². The lowest BCUT2D eigenvalue weighted by Gasteiger charge is -2.23. The fourth-order valence-electron chi connectivity index (χ4n) is 2.72. The molecule has 1 N–H and O–H groups in total. The zero-order valence-electron chi connectivity index (χ0n) is 11.1. The Bertz CT molecular complexity index is 517. The van der Waals surface area contributed by atoms with E-state index in [0.29, 0.717) is 11.3 Å². The SMILES string of the molecule is CNC(c1ccnn1-c1ccccc1)C1CCCS1. The van der Waals surface area contributed by atoms with Crippen LogP contribution in [0.15, 0.2) is 42.6 Å². The molecule has 1 saturated heterocycles. The molecule has 1 aromatic carbocycles. The van der Waals surface area contributed by atoms with E-state index in [1.807, 2.05) is 19.3 Å². The average molecular weight is 273 g/mol. The van der Waals surface area contributed by atoms with Crippen LogP contribution in [-0.4, -0.2) is 27.8 Å². The average Bonchev–Trinajstić information content (AvgIpc) is 3.12. The van der Waals surface area contributed by atoms with Crippen LogP contribution in [0.5, 0.6) is 0 Å². The first kappa shape index (κ1) is 12.8. The first-order chi connectivity index (χ1) is 9.40. The fourth-order valence-corrected chi connectivity index (χ4v) is 4.16. The second-order valence-electron chi connectivity index (χ2n) is 4.82. The molecule has 3 nitrogen and oxygen atoms in total. The molecular weight excluding hydrogens is 254 g/mol. The number of nitrogens with one attached hydrogen (secondary N) is 1. The lowest BCUT2D eigenvalue weighted by atomic mass is 10.1. The summed E-state index contributed by atoms with van der Waals surface area (Å²) in [5, 5.41) is 8.63. The number of hydrogen-bond donors (Lipinski definition) is 1. The highest BCUT2D eigenvalue weighted by Gasteiger charge is 2.28. The summed E-state index contributed by atoms with van der Waals surface area (Å²) >= 11 is 2.07. The van der Waals surface area contributed by atoms with Gasteiger partial charge < -0.3 is 5.32 Å². The summed E-state index contributed by atoms with van der Waals surface area (Å²) < 4.78 is 2.06. The second kappa shape index (κ2) is 5.80. The smallest absolute Gasteiger partial charge is 0.0649 e. The quantitative estimate of drug-likeness (QED) is 0.928. The van der Waals surface area contributed by atoms with Crippen LogP contribution in [0, 0.1) is 0 Å². The third kappa shape index (κ3) is 2.55. The molecule has 2 aromatic rings. The zero-order chi connectivity index (χ0) is 13.1. The van der Waals surface area contributed by atoms with Crippen LogP contribution < -0.4 is 5.32 Å². The minimum absolute atomic E-state index is 0.371. The monoisotopic (exact) mass is 273 g/mol. The molecule has 100 valence electrons. The van der Waals surface area contributed by atoms with Gasteiger partial charge in [-0.05, 0) is 43.8 Å². The normalized spacial score (nSPS) is 20.6. The molecule has 2 heterocycles. The van der Waals surface area contributed by atoms with Crippen LogP contribution in [-0.2, 0) is 0 Å². The third-order valence-corrected chi connectivity index (χ3v) is 5.10. The van der Waals surface area contributed by atoms with E-state index >= 15 is 0 Å². The van der Waals surface area contributed by atoms with E-state index < -0.39 is 0 Å². The molecule has 0 aliphatic carbocycles. The van der Waals surface area contributed by atoms with Gasteiger partial charge in [-0.15, -0.1) is 0 Å². The molecule has 19 heavy (non-hydrogen) atoms. The van der Waals surface area contributed by atoms with E-state index in [4.69, 9.17) is 0 Å². The molecule has 3 rings (SSSR count). The van der Waals surface area contributed by atoms with E-state index in [-0.39, 0.29) is 0 Å². The van der Waals surface area contributed by atoms with Crippen molar-refractivity contribution in [1.82, 2.24) is 15.1 Å². The van der Waals surface area contributed by atoms with Crippen molar-refractivity contribution in [3.8, 4) is 5.69 Å². The highest BCUT2D eigenvalue weighted by Crippen LogP contribution is 2.36. The van der Waals surface area contributed by atoms with Crippen LogP contribution >= 0.6 is 11.8 Å². The van der Waals surface area contributed by atoms with Crippen molar-refractivity contribution < 1.29 is 0 Å². The molecule has 4 heteroatoms. The molecular formula is C15H19N3S. The Labute approximate surface area is 118 Å². The highest BCUT2D eigenvalue weighted by atomic mass is 32.2. The summed E-state index contributed by atoms with van der Waals surface area (Å²) in [4.78, 5) is 0. The second-order valence-corrected chi connectivity index (χ2v) is 6.17. The van der Waals surface area contributed by atoms with Gasteiger partial charge in [0.25, 0.3) is 0 Å². The van der Waals surface area contributed by atoms with Gasteiger partial charge in [-0.2, -0.15) is 16.9 Å². The Morgan fingerprint density at radius 2 is 2.16 bits per heavy atom. The lowest BCUT2D eigenvalue weighted by molar-refractivity contribution is 0.524. The summed E-state index contributed by atoms with van der Waals surface area (Å²) in [6.45, 7) is 0. The van der Waals surface area contributed by atoms with Crippen LogP contribution in [0.4, 0.5) is 0 Å². The Morgan fingerprint density at radius 3 is 2.84 bits per heavy atom. The lowest BCUT2D eigenvalue weighted by Crippen LogP contribution is -2.28. The minimum Gasteiger partial charge on any atom is -0.311 e. The Morgan fingerprint density at radius 1 is 1.32 bits per heavy atom. The van der Waals surface area contributed by atoms with E-state index in [1.165, 1.54) is 24.3 Å². The van der Waals surface area contributed by atoms with Crippen molar-refractivity contribution in [2.45, 2.75) is 24.1 Å². The van der Waals surface area contributed by atoms with E-state index in [0.717, 1.165) is 5.69 Å². The van der Waals surface area contributed by atoms with E-state index in [2.05, 4.69) is 57.2 Å². The van der Waals surface area contributed by atoms with Crippen molar-refractivity contribution in [1.29, 1.82) is 0 Å². The van der Waals surface area contributed by atoms with Crippen LogP contribution in [0.2, 0.25) is 0 Å². The summed E-state index contributed by atoms with van der Waals surface area (Å²) in [5.41, 5.74) is 2.39. The maximum atomic E-state index is 4.49. The molecule has 0 radical (unpaired) electrons. The third-order valence-electron chi connectivity index (χ3n) is 3.64. The largest absolute Gasteiger partial charge is 0.311 e. The molecule has 1 aliphatic heterocycles.